The molecule has 90 valence electrons. The molecule has 3 N–H and O–H groups in total. The van der Waals surface area contributed by atoms with Crippen LogP contribution in [0.5, 0.6) is 0 Å². The van der Waals surface area contributed by atoms with Crippen LogP contribution in [0.3, 0.4) is 0 Å². The first-order valence-electron chi connectivity index (χ1n) is 6.20. The molecule has 0 spiro atoms. The average molecular weight is 231 g/mol. The van der Waals surface area contributed by atoms with Crippen LogP contribution in [0, 0.1) is 0 Å². The normalized spacial score (nSPS) is 25.2. The number of aromatic nitrogens is 2. The molecule has 0 amide bonds. The van der Waals surface area contributed by atoms with E-state index >= 15 is 0 Å². The van der Waals surface area contributed by atoms with E-state index in [-0.39, 0.29) is 5.69 Å². The van der Waals surface area contributed by atoms with Crippen molar-refractivity contribution in [3.05, 3.63) is 34.7 Å². The van der Waals surface area contributed by atoms with E-state index in [4.69, 9.17) is 5.73 Å². The number of nitrogens with zero attached hydrogens (tertiary/aromatic N) is 1. The number of benzene rings is 1. The standard InChI is InChI=1S/C13H17N3O/c14-9-5-7-10(8-6-9)16-12-4-2-1-3-11(12)15-13(16)17/h1-4,9-10H,5-8,14H2,(H,15,17)/t9-,10-. The van der Waals surface area contributed by atoms with Gasteiger partial charge in [-0.2, -0.15) is 0 Å². The highest BCUT2D eigenvalue weighted by Gasteiger charge is 2.22. The van der Waals surface area contributed by atoms with Crippen molar-refractivity contribution in [3.63, 3.8) is 0 Å². The van der Waals surface area contributed by atoms with Crippen molar-refractivity contribution >= 4 is 11.0 Å². The topological polar surface area (TPSA) is 63.8 Å². The van der Waals surface area contributed by atoms with Crippen molar-refractivity contribution in [3.8, 4) is 0 Å². The number of fused-ring (bicyclic) bond motifs is 1. The molecule has 0 bridgehead atoms. The molecular formula is C13H17N3O. The lowest BCUT2D eigenvalue weighted by Crippen LogP contribution is -2.31. The van der Waals surface area contributed by atoms with Crippen LogP contribution >= 0.6 is 0 Å². The average Bonchev–Trinajstić information content (AvgIpc) is 2.66. The number of hydrogen-bond donors (Lipinski definition) is 2. The van der Waals surface area contributed by atoms with Gasteiger partial charge in [-0.15, -0.1) is 0 Å². The van der Waals surface area contributed by atoms with Gasteiger partial charge >= 0.3 is 5.69 Å². The van der Waals surface area contributed by atoms with Crippen LogP contribution in [-0.4, -0.2) is 15.6 Å². The third-order valence-corrected chi connectivity index (χ3v) is 3.73. The number of para-hydroxylation sites is 2. The number of hydrogen-bond acceptors (Lipinski definition) is 2. The molecule has 2 aromatic rings. The van der Waals surface area contributed by atoms with Gasteiger partial charge in [0.2, 0.25) is 0 Å². The van der Waals surface area contributed by atoms with Crippen LogP contribution in [0.2, 0.25) is 0 Å². The Morgan fingerprint density at radius 3 is 2.65 bits per heavy atom. The molecule has 0 unspecified atom stereocenters. The maximum absolute atomic E-state index is 12.0. The van der Waals surface area contributed by atoms with Crippen molar-refractivity contribution in [1.82, 2.24) is 9.55 Å². The zero-order valence-corrected chi connectivity index (χ0v) is 9.73. The van der Waals surface area contributed by atoms with E-state index < -0.39 is 0 Å². The first kappa shape index (κ1) is 10.6. The monoisotopic (exact) mass is 231 g/mol. The van der Waals surface area contributed by atoms with Gasteiger partial charge in [-0.05, 0) is 37.8 Å². The summed E-state index contributed by atoms with van der Waals surface area (Å²) in [5.41, 5.74) is 7.85. The SMILES string of the molecule is N[C@H]1CC[C@H](n2c(=O)[nH]c3ccccc32)CC1. The minimum Gasteiger partial charge on any atom is -0.328 e. The molecule has 4 heteroatoms. The van der Waals surface area contributed by atoms with Crippen molar-refractivity contribution < 1.29 is 0 Å². The minimum atomic E-state index is 0.00618. The van der Waals surface area contributed by atoms with Gasteiger partial charge in [0.1, 0.15) is 0 Å². The van der Waals surface area contributed by atoms with Gasteiger partial charge in [0.25, 0.3) is 0 Å². The molecular weight excluding hydrogens is 214 g/mol. The molecule has 1 aliphatic rings. The van der Waals surface area contributed by atoms with Crippen molar-refractivity contribution in [2.45, 2.75) is 37.8 Å². The largest absolute Gasteiger partial charge is 0.328 e. The van der Waals surface area contributed by atoms with Gasteiger partial charge in [-0.1, -0.05) is 12.1 Å². The molecule has 0 atom stereocenters. The Bertz CT molecular complexity index is 576. The van der Waals surface area contributed by atoms with Gasteiger partial charge in [0, 0.05) is 12.1 Å². The number of nitrogens with one attached hydrogen (secondary N) is 1. The molecule has 0 aliphatic heterocycles. The van der Waals surface area contributed by atoms with Gasteiger partial charge in [-0.3, -0.25) is 4.57 Å². The van der Waals surface area contributed by atoms with Gasteiger partial charge in [0.05, 0.1) is 11.0 Å². The quantitative estimate of drug-likeness (QED) is 0.785. The van der Waals surface area contributed by atoms with Crippen LogP contribution in [-0.2, 0) is 0 Å². The zero-order chi connectivity index (χ0) is 11.8. The fourth-order valence-corrected chi connectivity index (χ4v) is 2.80. The highest BCUT2D eigenvalue weighted by molar-refractivity contribution is 5.75. The molecule has 1 saturated carbocycles. The third kappa shape index (κ3) is 1.78. The summed E-state index contributed by atoms with van der Waals surface area (Å²) in [6, 6.07) is 8.48. The lowest BCUT2D eigenvalue weighted by molar-refractivity contribution is 0.324. The van der Waals surface area contributed by atoms with Crippen LogP contribution in [0.15, 0.2) is 29.1 Å². The summed E-state index contributed by atoms with van der Waals surface area (Å²) in [5, 5.41) is 0. The Hall–Kier alpha value is -1.55. The summed E-state index contributed by atoms with van der Waals surface area (Å²) >= 11 is 0. The van der Waals surface area contributed by atoms with Crippen LogP contribution in [0.25, 0.3) is 11.0 Å². The van der Waals surface area contributed by atoms with Crippen LogP contribution in [0.1, 0.15) is 31.7 Å². The van der Waals surface area contributed by atoms with Crippen molar-refractivity contribution in [1.29, 1.82) is 0 Å². The smallest absolute Gasteiger partial charge is 0.326 e. The Kier molecular flexibility index (Phi) is 2.52. The highest BCUT2D eigenvalue weighted by atomic mass is 16.1. The van der Waals surface area contributed by atoms with E-state index in [1.54, 1.807) is 0 Å². The van der Waals surface area contributed by atoms with E-state index in [0.717, 1.165) is 36.7 Å². The lowest BCUT2D eigenvalue weighted by atomic mass is 9.91. The maximum Gasteiger partial charge on any atom is 0.326 e. The third-order valence-electron chi connectivity index (χ3n) is 3.73. The van der Waals surface area contributed by atoms with Crippen molar-refractivity contribution in [2.24, 2.45) is 5.73 Å². The second-order valence-electron chi connectivity index (χ2n) is 4.89. The van der Waals surface area contributed by atoms with Gasteiger partial charge in [0.15, 0.2) is 0 Å². The molecule has 1 aromatic heterocycles. The van der Waals surface area contributed by atoms with E-state index in [2.05, 4.69) is 4.98 Å². The molecule has 0 saturated heterocycles. The number of aromatic amines is 1. The first-order chi connectivity index (χ1) is 8.25. The van der Waals surface area contributed by atoms with Gasteiger partial charge in [-0.25, -0.2) is 4.79 Å². The minimum absolute atomic E-state index is 0.00618. The maximum atomic E-state index is 12.0. The molecule has 4 nitrogen and oxygen atoms in total. The fourth-order valence-electron chi connectivity index (χ4n) is 2.80. The summed E-state index contributed by atoms with van der Waals surface area (Å²) in [6.45, 7) is 0. The molecule has 1 aliphatic carbocycles. The number of rotatable bonds is 1. The molecule has 1 heterocycles. The second kappa shape index (κ2) is 4.04. The number of nitrogens with two attached hydrogens (primary N) is 1. The second-order valence-corrected chi connectivity index (χ2v) is 4.89. The summed E-state index contributed by atoms with van der Waals surface area (Å²) in [5.74, 6) is 0. The van der Waals surface area contributed by atoms with E-state index in [1.165, 1.54) is 0 Å². The zero-order valence-electron chi connectivity index (χ0n) is 9.73. The molecule has 0 radical (unpaired) electrons. The molecule has 1 aromatic carbocycles. The highest BCUT2D eigenvalue weighted by Crippen LogP contribution is 2.28. The summed E-state index contributed by atoms with van der Waals surface area (Å²) in [7, 11) is 0. The molecule has 17 heavy (non-hydrogen) atoms. The van der Waals surface area contributed by atoms with Crippen LogP contribution < -0.4 is 11.4 Å². The molecule has 1 fully saturated rings. The number of imidazole rings is 1. The van der Waals surface area contributed by atoms with E-state index in [1.807, 2.05) is 28.8 Å². The summed E-state index contributed by atoms with van der Waals surface area (Å²) < 4.78 is 1.90. The fraction of sp³-hybridized carbons (Fsp3) is 0.462. The Morgan fingerprint density at radius 2 is 1.88 bits per heavy atom. The van der Waals surface area contributed by atoms with Crippen molar-refractivity contribution in [2.75, 3.05) is 0 Å². The summed E-state index contributed by atoms with van der Waals surface area (Å²) in [4.78, 5) is 14.9. The Morgan fingerprint density at radius 1 is 1.18 bits per heavy atom. The Labute approximate surface area is 99.4 Å². The van der Waals surface area contributed by atoms with Crippen LogP contribution in [0.4, 0.5) is 0 Å². The molecule has 3 rings (SSSR count). The van der Waals surface area contributed by atoms with Gasteiger partial charge < -0.3 is 10.7 Å². The number of H-pyrrole nitrogens is 1. The predicted molar refractivity (Wildman–Crippen MR) is 68.0 cm³/mol. The van der Waals surface area contributed by atoms with E-state index in [9.17, 15) is 4.79 Å². The Balaban J connectivity index is 2.05. The first-order valence-corrected chi connectivity index (χ1v) is 6.20. The van der Waals surface area contributed by atoms with E-state index in [0.29, 0.717) is 12.1 Å². The summed E-state index contributed by atoms with van der Waals surface area (Å²) in [6.07, 6.45) is 4.03. The lowest BCUT2D eigenvalue weighted by Gasteiger charge is -2.26. The predicted octanol–water partition coefficient (Wildman–Crippen LogP) is 1.77.